The lowest BCUT2D eigenvalue weighted by Gasteiger charge is -2.16. The number of terminal acetylenes is 1. The molecular formula is C18H18O2. The Morgan fingerprint density at radius 2 is 1.80 bits per heavy atom. The van der Waals surface area contributed by atoms with E-state index in [2.05, 4.69) is 5.92 Å². The van der Waals surface area contributed by atoms with Crippen LogP contribution < -0.4 is 9.47 Å². The Hall–Kier alpha value is -2.40. The summed E-state index contributed by atoms with van der Waals surface area (Å²) in [6, 6.07) is 11.9. The summed E-state index contributed by atoms with van der Waals surface area (Å²) in [5.74, 6) is 4.24. The van der Waals surface area contributed by atoms with E-state index in [4.69, 9.17) is 15.9 Å². The highest BCUT2D eigenvalue weighted by atomic mass is 16.5. The standard InChI is InChI=1S/C18H18O2/c1-5-16-11-17(19-4)14(3)18(13(16)2)20-12-15-9-7-6-8-10-15/h1,6-11H,12H2,2-4H3. The highest BCUT2D eigenvalue weighted by Crippen LogP contribution is 2.34. The van der Waals surface area contributed by atoms with E-state index in [1.807, 2.05) is 50.2 Å². The van der Waals surface area contributed by atoms with Gasteiger partial charge in [0, 0.05) is 16.7 Å². The average molecular weight is 266 g/mol. The third-order valence-corrected chi connectivity index (χ3v) is 3.33. The van der Waals surface area contributed by atoms with Gasteiger partial charge in [-0.1, -0.05) is 36.3 Å². The van der Waals surface area contributed by atoms with Crippen molar-refractivity contribution in [2.45, 2.75) is 20.5 Å². The molecule has 20 heavy (non-hydrogen) atoms. The molecule has 2 aromatic rings. The summed E-state index contributed by atoms with van der Waals surface area (Å²) in [5.41, 5.74) is 3.87. The summed E-state index contributed by atoms with van der Waals surface area (Å²) >= 11 is 0. The van der Waals surface area contributed by atoms with E-state index < -0.39 is 0 Å². The van der Waals surface area contributed by atoms with Gasteiger partial charge in [-0.15, -0.1) is 6.42 Å². The zero-order chi connectivity index (χ0) is 14.5. The Morgan fingerprint density at radius 1 is 1.10 bits per heavy atom. The van der Waals surface area contributed by atoms with Crippen LogP contribution >= 0.6 is 0 Å². The SMILES string of the molecule is C#Cc1cc(OC)c(C)c(OCc2ccccc2)c1C. The summed E-state index contributed by atoms with van der Waals surface area (Å²) in [4.78, 5) is 0. The summed E-state index contributed by atoms with van der Waals surface area (Å²) in [5, 5.41) is 0. The quantitative estimate of drug-likeness (QED) is 0.782. The molecule has 0 aromatic heterocycles. The lowest BCUT2D eigenvalue weighted by Crippen LogP contribution is -2.02. The van der Waals surface area contributed by atoms with E-state index in [1.165, 1.54) is 0 Å². The van der Waals surface area contributed by atoms with Crippen molar-refractivity contribution in [3.05, 3.63) is 58.7 Å². The van der Waals surface area contributed by atoms with Crippen molar-refractivity contribution in [3.63, 3.8) is 0 Å². The molecule has 0 saturated carbocycles. The van der Waals surface area contributed by atoms with Crippen LogP contribution in [-0.2, 0) is 6.61 Å². The zero-order valence-corrected chi connectivity index (χ0v) is 12.1. The van der Waals surface area contributed by atoms with Gasteiger partial charge in [-0.05, 0) is 25.5 Å². The molecule has 0 aliphatic carbocycles. The number of rotatable bonds is 4. The maximum absolute atomic E-state index is 5.96. The number of benzene rings is 2. The Labute approximate surface area is 120 Å². The van der Waals surface area contributed by atoms with Crippen LogP contribution in [0.1, 0.15) is 22.3 Å². The fraction of sp³-hybridized carbons (Fsp3) is 0.222. The molecule has 0 spiro atoms. The molecule has 0 unspecified atom stereocenters. The number of hydrogen-bond donors (Lipinski definition) is 0. The molecule has 0 heterocycles. The maximum Gasteiger partial charge on any atom is 0.130 e. The van der Waals surface area contributed by atoms with Gasteiger partial charge in [0.15, 0.2) is 0 Å². The minimum atomic E-state index is 0.514. The van der Waals surface area contributed by atoms with Crippen LogP contribution in [0.4, 0.5) is 0 Å². The Morgan fingerprint density at radius 3 is 2.40 bits per heavy atom. The first kappa shape index (κ1) is 14.0. The van der Waals surface area contributed by atoms with Gasteiger partial charge in [-0.25, -0.2) is 0 Å². The summed E-state index contributed by atoms with van der Waals surface area (Å²) in [6.45, 7) is 4.47. The van der Waals surface area contributed by atoms with Crippen molar-refractivity contribution in [1.82, 2.24) is 0 Å². The van der Waals surface area contributed by atoms with Crippen LogP contribution in [0.3, 0.4) is 0 Å². The molecule has 102 valence electrons. The maximum atomic E-state index is 5.96. The fourth-order valence-electron chi connectivity index (χ4n) is 2.17. The smallest absolute Gasteiger partial charge is 0.130 e. The van der Waals surface area contributed by atoms with Crippen molar-refractivity contribution in [2.24, 2.45) is 0 Å². The lowest BCUT2D eigenvalue weighted by molar-refractivity contribution is 0.298. The van der Waals surface area contributed by atoms with Gasteiger partial charge in [0.2, 0.25) is 0 Å². The Bertz CT molecular complexity index is 637. The molecule has 2 nitrogen and oxygen atoms in total. The van der Waals surface area contributed by atoms with E-state index in [0.717, 1.165) is 33.8 Å². The molecule has 0 aliphatic heterocycles. The Balaban J connectivity index is 2.33. The van der Waals surface area contributed by atoms with Gasteiger partial charge < -0.3 is 9.47 Å². The fourth-order valence-corrected chi connectivity index (χ4v) is 2.17. The van der Waals surface area contributed by atoms with Gasteiger partial charge in [0.25, 0.3) is 0 Å². The van der Waals surface area contributed by atoms with Gasteiger partial charge in [0.1, 0.15) is 18.1 Å². The number of methoxy groups -OCH3 is 1. The van der Waals surface area contributed by atoms with E-state index in [-0.39, 0.29) is 0 Å². The van der Waals surface area contributed by atoms with Crippen molar-refractivity contribution >= 4 is 0 Å². The van der Waals surface area contributed by atoms with Crippen LogP contribution in [0.15, 0.2) is 36.4 Å². The second kappa shape index (κ2) is 6.16. The second-order valence-electron chi connectivity index (χ2n) is 4.62. The van der Waals surface area contributed by atoms with Crippen molar-refractivity contribution < 1.29 is 9.47 Å². The first-order valence-electron chi connectivity index (χ1n) is 6.49. The molecule has 0 fully saturated rings. The zero-order valence-electron chi connectivity index (χ0n) is 12.1. The third-order valence-electron chi connectivity index (χ3n) is 3.33. The molecule has 0 saturated heterocycles. The van der Waals surface area contributed by atoms with Crippen LogP contribution in [0.5, 0.6) is 11.5 Å². The molecule has 0 radical (unpaired) electrons. The van der Waals surface area contributed by atoms with E-state index in [9.17, 15) is 0 Å². The van der Waals surface area contributed by atoms with Gasteiger partial charge in [0.05, 0.1) is 7.11 Å². The van der Waals surface area contributed by atoms with Crippen molar-refractivity contribution in [1.29, 1.82) is 0 Å². The number of ether oxygens (including phenoxy) is 2. The molecule has 0 bridgehead atoms. The van der Waals surface area contributed by atoms with E-state index in [1.54, 1.807) is 7.11 Å². The summed E-state index contributed by atoms with van der Waals surface area (Å²) in [7, 11) is 1.64. The lowest BCUT2D eigenvalue weighted by atomic mass is 10.0. The van der Waals surface area contributed by atoms with Gasteiger partial charge >= 0.3 is 0 Å². The van der Waals surface area contributed by atoms with Crippen LogP contribution in [-0.4, -0.2) is 7.11 Å². The molecule has 0 aliphatic rings. The highest BCUT2D eigenvalue weighted by Gasteiger charge is 2.13. The van der Waals surface area contributed by atoms with E-state index in [0.29, 0.717) is 6.61 Å². The predicted molar refractivity (Wildman–Crippen MR) is 81.2 cm³/mol. The van der Waals surface area contributed by atoms with Crippen molar-refractivity contribution in [2.75, 3.05) is 7.11 Å². The van der Waals surface area contributed by atoms with Crippen LogP contribution in [0.2, 0.25) is 0 Å². The second-order valence-corrected chi connectivity index (χ2v) is 4.62. The normalized spacial score (nSPS) is 9.90. The predicted octanol–water partition coefficient (Wildman–Crippen LogP) is 3.87. The van der Waals surface area contributed by atoms with Gasteiger partial charge in [-0.3, -0.25) is 0 Å². The van der Waals surface area contributed by atoms with E-state index >= 15 is 0 Å². The minimum Gasteiger partial charge on any atom is -0.496 e. The minimum absolute atomic E-state index is 0.514. The largest absolute Gasteiger partial charge is 0.496 e. The summed E-state index contributed by atoms with van der Waals surface area (Å²) in [6.07, 6.45) is 5.54. The molecule has 0 atom stereocenters. The molecule has 0 amide bonds. The topological polar surface area (TPSA) is 18.5 Å². The molecule has 2 heteroatoms. The average Bonchev–Trinajstić information content (AvgIpc) is 2.48. The monoisotopic (exact) mass is 266 g/mol. The molecule has 0 N–H and O–H groups in total. The Kier molecular flexibility index (Phi) is 4.32. The first-order chi connectivity index (χ1) is 9.67. The number of hydrogen-bond acceptors (Lipinski definition) is 2. The molecular weight excluding hydrogens is 248 g/mol. The summed E-state index contributed by atoms with van der Waals surface area (Å²) < 4.78 is 11.3. The highest BCUT2D eigenvalue weighted by molar-refractivity contribution is 5.57. The van der Waals surface area contributed by atoms with Gasteiger partial charge in [-0.2, -0.15) is 0 Å². The van der Waals surface area contributed by atoms with Crippen LogP contribution in [0.25, 0.3) is 0 Å². The molecule has 2 rings (SSSR count). The van der Waals surface area contributed by atoms with Crippen LogP contribution in [0, 0.1) is 26.2 Å². The third kappa shape index (κ3) is 2.78. The first-order valence-corrected chi connectivity index (χ1v) is 6.49. The van der Waals surface area contributed by atoms with Crippen molar-refractivity contribution in [3.8, 4) is 23.8 Å². The molecule has 2 aromatic carbocycles.